The largest absolute Gasteiger partial charge is 0.319 e. The Balaban J connectivity index is 2.11. The third kappa shape index (κ3) is 2.27. The van der Waals surface area contributed by atoms with Gasteiger partial charge >= 0.3 is 0 Å². The first-order chi connectivity index (χ1) is 9.15. The monoisotopic (exact) mass is 288 g/mol. The van der Waals surface area contributed by atoms with Gasteiger partial charge in [0.25, 0.3) is 5.91 Å². The molecule has 0 radical (unpaired) electrons. The molecule has 0 saturated carbocycles. The minimum absolute atomic E-state index is 0.166. The van der Waals surface area contributed by atoms with Gasteiger partial charge in [0, 0.05) is 11.9 Å². The van der Waals surface area contributed by atoms with Gasteiger partial charge in [-0.15, -0.1) is 11.3 Å². The highest BCUT2D eigenvalue weighted by Gasteiger charge is 2.08. The number of carbonyl (C=O) groups is 1. The first-order valence-electron chi connectivity index (χ1n) is 5.85. The number of para-hydroxylation sites is 1. The minimum atomic E-state index is -0.166. The molecule has 0 spiro atoms. The van der Waals surface area contributed by atoms with Crippen LogP contribution in [0, 0.1) is 6.92 Å². The van der Waals surface area contributed by atoms with Crippen LogP contribution in [0.2, 0.25) is 0 Å². The van der Waals surface area contributed by atoms with Gasteiger partial charge in [0.15, 0.2) is 4.80 Å². The van der Waals surface area contributed by atoms with E-state index in [9.17, 15) is 4.79 Å². The summed E-state index contributed by atoms with van der Waals surface area (Å²) < 4.78 is 3.09. The fourth-order valence-electron chi connectivity index (χ4n) is 1.88. The number of benzene rings is 1. The van der Waals surface area contributed by atoms with Gasteiger partial charge in [0.2, 0.25) is 0 Å². The van der Waals surface area contributed by atoms with Gasteiger partial charge in [0.1, 0.15) is 0 Å². The van der Waals surface area contributed by atoms with E-state index in [1.807, 2.05) is 54.9 Å². The Morgan fingerprint density at radius 1 is 1.16 bits per heavy atom. The van der Waals surface area contributed by atoms with Gasteiger partial charge in [-0.2, -0.15) is 4.99 Å². The van der Waals surface area contributed by atoms with Crippen molar-refractivity contribution in [2.45, 2.75) is 6.92 Å². The van der Waals surface area contributed by atoms with Crippen LogP contribution in [0.25, 0.3) is 10.2 Å². The topological polar surface area (TPSA) is 34.4 Å². The van der Waals surface area contributed by atoms with Crippen LogP contribution in [0.1, 0.15) is 14.5 Å². The Morgan fingerprint density at radius 3 is 2.63 bits per heavy atom. The van der Waals surface area contributed by atoms with Crippen molar-refractivity contribution in [1.82, 2.24) is 4.57 Å². The Labute approximate surface area is 118 Å². The summed E-state index contributed by atoms with van der Waals surface area (Å²) in [5.74, 6) is -0.166. The van der Waals surface area contributed by atoms with Gasteiger partial charge in [-0.05, 0) is 31.2 Å². The Hall–Kier alpha value is -1.72. The molecule has 2 aromatic heterocycles. The van der Waals surface area contributed by atoms with Crippen molar-refractivity contribution in [3.05, 3.63) is 51.0 Å². The third-order valence-electron chi connectivity index (χ3n) is 2.86. The molecule has 0 saturated heterocycles. The predicted molar refractivity (Wildman–Crippen MR) is 79.7 cm³/mol. The SMILES string of the molecule is Cc1ccc(C(=O)N=c2sc3ccccc3n2C)s1. The molecule has 0 atom stereocenters. The predicted octanol–water partition coefficient (Wildman–Crippen LogP) is 3.35. The summed E-state index contributed by atoms with van der Waals surface area (Å²) in [6.45, 7) is 1.99. The number of hydrogen-bond acceptors (Lipinski definition) is 3. The zero-order chi connectivity index (χ0) is 13.4. The number of rotatable bonds is 1. The molecule has 0 aliphatic heterocycles. The van der Waals surface area contributed by atoms with Crippen LogP contribution < -0.4 is 4.80 Å². The van der Waals surface area contributed by atoms with E-state index in [1.54, 1.807) is 0 Å². The average Bonchev–Trinajstić information content (AvgIpc) is 2.96. The summed E-state index contributed by atoms with van der Waals surface area (Å²) in [6, 6.07) is 11.8. The number of thiazole rings is 1. The highest BCUT2D eigenvalue weighted by molar-refractivity contribution is 7.16. The molecular weight excluding hydrogens is 276 g/mol. The fraction of sp³-hybridized carbons (Fsp3) is 0.143. The van der Waals surface area contributed by atoms with E-state index < -0.39 is 0 Å². The molecule has 0 unspecified atom stereocenters. The first kappa shape index (κ1) is 12.3. The number of amides is 1. The van der Waals surface area contributed by atoms with E-state index in [0.717, 1.165) is 19.9 Å². The number of hydrogen-bond donors (Lipinski definition) is 0. The van der Waals surface area contributed by atoms with E-state index in [-0.39, 0.29) is 5.91 Å². The Bertz CT molecular complexity index is 823. The molecule has 3 aromatic rings. The summed E-state index contributed by atoms with van der Waals surface area (Å²) in [6.07, 6.45) is 0. The highest BCUT2D eigenvalue weighted by Crippen LogP contribution is 2.17. The second kappa shape index (κ2) is 4.75. The summed E-state index contributed by atoms with van der Waals surface area (Å²) in [7, 11) is 1.94. The molecule has 2 heterocycles. The van der Waals surface area contributed by atoms with Crippen LogP contribution >= 0.6 is 22.7 Å². The van der Waals surface area contributed by atoms with Crippen molar-refractivity contribution < 1.29 is 4.79 Å². The third-order valence-corrected chi connectivity index (χ3v) is 4.96. The fourth-order valence-corrected chi connectivity index (χ4v) is 3.65. The lowest BCUT2D eigenvalue weighted by atomic mass is 10.3. The molecule has 0 fully saturated rings. The van der Waals surface area contributed by atoms with E-state index in [4.69, 9.17) is 0 Å². The second-order valence-corrected chi connectivity index (χ2v) is 6.54. The quantitative estimate of drug-likeness (QED) is 0.676. The molecule has 96 valence electrons. The van der Waals surface area contributed by atoms with Crippen molar-refractivity contribution in [3.8, 4) is 0 Å². The maximum atomic E-state index is 12.1. The van der Waals surface area contributed by atoms with E-state index in [2.05, 4.69) is 4.99 Å². The van der Waals surface area contributed by atoms with Crippen molar-refractivity contribution in [2.75, 3.05) is 0 Å². The van der Waals surface area contributed by atoms with Crippen molar-refractivity contribution >= 4 is 38.8 Å². The molecule has 1 aromatic carbocycles. The van der Waals surface area contributed by atoms with Crippen LogP contribution in [-0.2, 0) is 7.05 Å². The molecule has 0 bridgehead atoms. The van der Waals surface area contributed by atoms with Crippen LogP contribution in [-0.4, -0.2) is 10.5 Å². The van der Waals surface area contributed by atoms with Gasteiger partial charge in [-0.3, -0.25) is 4.79 Å². The Kier molecular flexibility index (Phi) is 3.08. The normalized spacial score (nSPS) is 12.2. The smallest absolute Gasteiger partial charge is 0.289 e. The zero-order valence-corrected chi connectivity index (χ0v) is 12.2. The molecule has 3 nitrogen and oxygen atoms in total. The van der Waals surface area contributed by atoms with E-state index >= 15 is 0 Å². The number of nitrogens with zero attached hydrogens (tertiary/aromatic N) is 2. The Morgan fingerprint density at radius 2 is 1.95 bits per heavy atom. The van der Waals surface area contributed by atoms with Crippen molar-refractivity contribution in [1.29, 1.82) is 0 Å². The van der Waals surface area contributed by atoms with Crippen LogP contribution in [0.5, 0.6) is 0 Å². The second-order valence-electron chi connectivity index (χ2n) is 4.24. The van der Waals surface area contributed by atoms with E-state index in [1.165, 1.54) is 22.7 Å². The van der Waals surface area contributed by atoms with Crippen molar-refractivity contribution in [3.63, 3.8) is 0 Å². The van der Waals surface area contributed by atoms with Crippen LogP contribution in [0.3, 0.4) is 0 Å². The molecule has 0 aliphatic carbocycles. The summed E-state index contributed by atoms with van der Waals surface area (Å²) >= 11 is 3.01. The summed E-state index contributed by atoms with van der Waals surface area (Å²) in [5, 5.41) is 0. The average molecular weight is 288 g/mol. The highest BCUT2D eigenvalue weighted by atomic mass is 32.1. The number of thiophene rings is 1. The first-order valence-corrected chi connectivity index (χ1v) is 7.48. The maximum Gasteiger partial charge on any atom is 0.289 e. The number of aromatic nitrogens is 1. The molecular formula is C14H12N2OS2. The lowest BCUT2D eigenvalue weighted by molar-refractivity contribution is 0.100. The number of aryl methyl sites for hydroxylation is 2. The summed E-state index contributed by atoms with van der Waals surface area (Å²) in [4.78, 5) is 18.9. The lowest BCUT2D eigenvalue weighted by Crippen LogP contribution is -2.12. The van der Waals surface area contributed by atoms with Gasteiger partial charge in [-0.1, -0.05) is 23.5 Å². The molecule has 3 rings (SSSR count). The van der Waals surface area contributed by atoms with E-state index in [0.29, 0.717) is 4.88 Å². The molecule has 19 heavy (non-hydrogen) atoms. The zero-order valence-electron chi connectivity index (χ0n) is 10.6. The number of carbonyl (C=O) groups excluding carboxylic acids is 1. The molecule has 0 aliphatic rings. The van der Waals surface area contributed by atoms with Gasteiger partial charge in [0.05, 0.1) is 15.1 Å². The molecule has 5 heteroatoms. The summed E-state index contributed by atoms with van der Waals surface area (Å²) in [5.41, 5.74) is 1.10. The lowest BCUT2D eigenvalue weighted by Gasteiger charge is -1.93. The number of fused-ring (bicyclic) bond motifs is 1. The van der Waals surface area contributed by atoms with Gasteiger partial charge in [-0.25, -0.2) is 0 Å². The van der Waals surface area contributed by atoms with Crippen LogP contribution in [0.4, 0.5) is 0 Å². The molecule has 1 amide bonds. The van der Waals surface area contributed by atoms with Gasteiger partial charge < -0.3 is 4.57 Å². The maximum absolute atomic E-state index is 12.1. The standard InChI is InChI=1S/C14H12N2OS2/c1-9-7-8-12(18-9)13(17)15-14-16(2)10-5-3-4-6-11(10)19-14/h3-8H,1-2H3. The minimum Gasteiger partial charge on any atom is -0.319 e. The molecule has 0 N–H and O–H groups in total. The van der Waals surface area contributed by atoms with Crippen LogP contribution in [0.15, 0.2) is 41.4 Å². The van der Waals surface area contributed by atoms with Crippen molar-refractivity contribution in [2.24, 2.45) is 12.0 Å².